The van der Waals surface area contributed by atoms with Crippen molar-refractivity contribution >= 4 is 6.09 Å². The minimum atomic E-state index is -0.442. The van der Waals surface area contributed by atoms with E-state index in [1.807, 2.05) is 20.8 Å². The van der Waals surface area contributed by atoms with Gasteiger partial charge in [0, 0.05) is 12.0 Å². The number of nitrogens with one attached hydrogen (secondary N) is 1. The SMILES string of the molecule is CC(C)(C)OC(=O)NC1(C2(CN)CCCCC2)CC1. The van der Waals surface area contributed by atoms with E-state index in [0.717, 1.165) is 25.7 Å². The normalized spacial score (nSPS) is 24.6. The molecule has 0 unspecified atom stereocenters. The summed E-state index contributed by atoms with van der Waals surface area (Å²) >= 11 is 0. The molecule has 0 spiro atoms. The van der Waals surface area contributed by atoms with Gasteiger partial charge in [0.1, 0.15) is 5.60 Å². The largest absolute Gasteiger partial charge is 0.444 e. The van der Waals surface area contributed by atoms with Gasteiger partial charge in [-0.25, -0.2) is 4.79 Å². The summed E-state index contributed by atoms with van der Waals surface area (Å²) in [5.74, 6) is 0. The topological polar surface area (TPSA) is 64.3 Å². The second-order valence-electron chi connectivity index (χ2n) is 7.25. The lowest BCUT2D eigenvalue weighted by Gasteiger charge is -2.44. The molecule has 0 atom stereocenters. The summed E-state index contributed by atoms with van der Waals surface area (Å²) in [6.45, 7) is 6.35. The van der Waals surface area contributed by atoms with Gasteiger partial charge in [0.05, 0.1) is 5.54 Å². The van der Waals surface area contributed by atoms with Gasteiger partial charge in [0.2, 0.25) is 0 Å². The predicted molar refractivity (Wildman–Crippen MR) is 75.9 cm³/mol. The second kappa shape index (κ2) is 4.97. The van der Waals surface area contributed by atoms with Crippen LogP contribution in [0, 0.1) is 5.41 Å². The lowest BCUT2D eigenvalue weighted by atomic mass is 9.67. The molecule has 4 heteroatoms. The van der Waals surface area contributed by atoms with Gasteiger partial charge in [-0.15, -0.1) is 0 Å². The van der Waals surface area contributed by atoms with E-state index < -0.39 is 5.60 Å². The number of alkyl carbamates (subject to hydrolysis) is 1. The lowest BCUT2D eigenvalue weighted by molar-refractivity contribution is 0.0369. The standard InChI is InChI=1S/C15H28N2O2/c1-13(2,3)19-12(18)17-15(9-10-15)14(11-16)7-5-4-6-8-14/h4-11,16H2,1-3H3,(H,17,18). The van der Waals surface area contributed by atoms with Gasteiger partial charge in [0.15, 0.2) is 0 Å². The molecule has 2 saturated carbocycles. The number of hydrogen-bond acceptors (Lipinski definition) is 3. The molecule has 2 aliphatic rings. The van der Waals surface area contributed by atoms with Crippen molar-refractivity contribution in [1.82, 2.24) is 5.32 Å². The van der Waals surface area contributed by atoms with Crippen molar-refractivity contribution in [3.05, 3.63) is 0 Å². The minimum absolute atomic E-state index is 0.0928. The van der Waals surface area contributed by atoms with Crippen molar-refractivity contribution in [1.29, 1.82) is 0 Å². The Morgan fingerprint density at radius 1 is 1.16 bits per heavy atom. The summed E-state index contributed by atoms with van der Waals surface area (Å²) in [7, 11) is 0. The fourth-order valence-corrected chi connectivity index (χ4v) is 3.52. The highest BCUT2D eigenvalue weighted by Gasteiger charge is 2.59. The van der Waals surface area contributed by atoms with Crippen LogP contribution in [0.5, 0.6) is 0 Å². The molecular weight excluding hydrogens is 240 g/mol. The molecule has 2 fully saturated rings. The van der Waals surface area contributed by atoms with Crippen molar-refractivity contribution in [3.8, 4) is 0 Å². The molecule has 0 heterocycles. The van der Waals surface area contributed by atoms with E-state index >= 15 is 0 Å². The zero-order valence-electron chi connectivity index (χ0n) is 12.6. The van der Waals surface area contributed by atoms with Crippen LogP contribution in [0.25, 0.3) is 0 Å². The van der Waals surface area contributed by atoms with Gasteiger partial charge in [0.25, 0.3) is 0 Å². The van der Waals surface area contributed by atoms with Crippen molar-refractivity contribution in [2.75, 3.05) is 6.54 Å². The van der Waals surface area contributed by atoms with Crippen molar-refractivity contribution in [3.63, 3.8) is 0 Å². The van der Waals surface area contributed by atoms with Crippen LogP contribution in [0.4, 0.5) is 4.79 Å². The number of amides is 1. The summed E-state index contributed by atoms with van der Waals surface area (Å²) in [4.78, 5) is 12.0. The van der Waals surface area contributed by atoms with Gasteiger partial charge in [-0.2, -0.15) is 0 Å². The number of carbonyl (C=O) groups is 1. The Hall–Kier alpha value is -0.770. The molecule has 0 aromatic heterocycles. The number of ether oxygens (including phenoxy) is 1. The summed E-state index contributed by atoms with van der Waals surface area (Å²) in [5, 5.41) is 3.14. The van der Waals surface area contributed by atoms with E-state index in [1.54, 1.807) is 0 Å². The average molecular weight is 268 g/mol. The molecule has 2 aliphatic carbocycles. The third-order valence-corrected chi connectivity index (χ3v) is 4.71. The molecule has 0 aromatic rings. The molecule has 3 N–H and O–H groups in total. The Labute approximate surface area is 116 Å². The molecule has 0 bridgehead atoms. The van der Waals surface area contributed by atoms with Gasteiger partial charge >= 0.3 is 6.09 Å². The minimum Gasteiger partial charge on any atom is -0.444 e. The number of hydrogen-bond donors (Lipinski definition) is 2. The van der Waals surface area contributed by atoms with E-state index in [9.17, 15) is 4.79 Å². The van der Waals surface area contributed by atoms with Crippen LogP contribution in [0.1, 0.15) is 65.7 Å². The number of nitrogens with two attached hydrogens (primary N) is 1. The van der Waals surface area contributed by atoms with Gasteiger partial charge in [-0.3, -0.25) is 0 Å². The Bertz CT molecular complexity index is 337. The van der Waals surface area contributed by atoms with Crippen LogP contribution in [0.15, 0.2) is 0 Å². The fraction of sp³-hybridized carbons (Fsp3) is 0.933. The van der Waals surface area contributed by atoms with Crippen LogP contribution in [-0.2, 0) is 4.74 Å². The predicted octanol–water partition coefficient (Wildman–Crippen LogP) is 2.95. The maximum atomic E-state index is 12.0. The molecule has 0 saturated heterocycles. The molecule has 0 radical (unpaired) electrons. The summed E-state index contributed by atoms with van der Waals surface area (Å²) in [6, 6.07) is 0. The van der Waals surface area contributed by atoms with Crippen molar-refractivity contribution < 1.29 is 9.53 Å². The zero-order chi connectivity index (χ0) is 14.1. The highest BCUT2D eigenvalue weighted by molar-refractivity contribution is 5.69. The van der Waals surface area contributed by atoms with E-state index in [1.165, 1.54) is 19.3 Å². The van der Waals surface area contributed by atoms with Crippen LogP contribution >= 0.6 is 0 Å². The zero-order valence-corrected chi connectivity index (χ0v) is 12.6. The molecule has 110 valence electrons. The van der Waals surface area contributed by atoms with E-state index in [0.29, 0.717) is 6.54 Å². The van der Waals surface area contributed by atoms with E-state index in [4.69, 9.17) is 10.5 Å². The Morgan fingerprint density at radius 2 is 1.74 bits per heavy atom. The highest BCUT2D eigenvalue weighted by Crippen LogP contribution is 2.56. The first-order valence-electron chi connectivity index (χ1n) is 7.54. The molecule has 0 aliphatic heterocycles. The molecule has 1 amide bonds. The smallest absolute Gasteiger partial charge is 0.408 e. The van der Waals surface area contributed by atoms with Crippen molar-refractivity contribution in [2.45, 2.75) is 76.9 Å². The lowest BCUT2D eigenvalue weighted by Crippen LogP contribution is -2.55. The fourth-order valence-electron chi connectivity index (χ4n) is 3.52. The maximum absolute atomic E-state index is 12.0. The third-order valence-electron chi connectivity index (χ3n) is 4.71. The van der Waals surface area contributed by atoms with E-state index in [2.05, 4.69) is 5.32 Å². The first-order valence-corrected chi connectivity index (χ1v) is 7.54. The Kier molecular flexibility index (Phi) is 3.83. The summed E-state index contributed by atoms with van der Waals surface area (Å²) in [5.41, 5.74) is 5.64. The quantitative estimate of drug-likeness (QED) is 0.827. The number of carbonyl (C=O) groups excluding carboxylic acids is 1. The monoisotopic (exact) mass is 268 g/mol. The van der Waals surface area contributed by atoms with Gasteiger partial charge < -0.3 is 15.8 Å². The van der Waals surface area contributed by atoms with Crippen LogP contribution < -0.4 is 11.1 Å². The van der Waals surface area contributed by atoms with E-state index in [-0.39, 0.29) is 17.0 Å². The van der Waals surface area contributed by atoms with Crippen LogP contribution in [-0.4, -0.2) is 23.8 Å². The number of rotatable bonds is 3. The van der Waals surface area contributed by atoms with Crippen LogP contribution in [0.2, 0.25) is 0 Å². The molecule has 4 nitrogen and oxygen atoms in total. The molecular formula is C15H28N2O2. The summed E-state index contributed by atoms with van der Waals surface area (Å²) in [6.07, 6.45) is 7.84. The molecule has 2 rings (SSSR count). The summed E-state index contributed by atoms with van der Waals surface area (Å²) < 4.78 is 5.40. The third kappa shape index (κ3) is 3.04. The maximum Gasteiger partial charge on any atom is 0.408 e. The van der Waals surface area contributed by atoms with Crippen LogP contribution in [0.3, 0.4) is 0 Å². The van der Waals surface area contributed by atoms with Gasteiger partial charge in [-0.05, 0) is 46.5 Å². The molecule has 19 heavy (non-hydrogen) atoms. The first kappa shape index (κ1) is 14.6. The second-order valence-corrected chi connectivity index (χ2v) is 7.25. The Balaban J connectivity index is 2.03. The van der Waals surface area contributed by atoms with Crippen molar-refractivity contribution in [2.24, 2.45) is 11.1 Å². The first-order chi connectivity index (χ1) is 8.83. The van der Waals surface area contributed by atoms with Gasteiger partial charge in [-0.1, -0.05) is 19.3 Å². The molecule has 0 aromatic carbocycles. The Morgan fingerprint density at radius 3 is 2.16 bits per heavy atom. The average Bonchev–Trinajstić information content (AvgIpc) is 3.08. The highest BCUT2D eigenvalue weighted by atomic mass is 16.6.